The van der Waals surface area contributed by atoms with Gasteiger partial charge in [-0.3, -0.25) is 9.59 Å². The van der Waals surface area contributed by atoms with Gasteiger partial charge < -0.3 is 19.7 Å². The highest BCUT2D eigenvalue weighted by molar-refractivity contribution is 5.78. The highest BCUT2D eigenvalue weighted by Crippen LogP contribution is 2.62. The van der Waals surface area contributed by atoms with E-state index in [0.29, 0.717) is 24.8 Å². The minimum atomic E-state index is -0.0271. The number of nitrogens with zero attached hydrogens (tertiary/aromatic N) is 1. The van der Waals surface area contributed by atoms with Crippen molar-refractivity contribution in [3.8, 4) is 0 Å². The van der Waals surface area contributed by atoms with Crippen LogP contribution in [0.5, 0.6) is 0 Å². The molecule has 0 aromatic heterocycles. The van der Waals surface area contributed by atoms with Crippen molar-refractivity contribution in [2.24, 2.45) is 23.2 Å². The summed E-state index contributed by atoms with van der Waals surface area (Å²) in [5.41, 5.74) is 0.380. The Balaban J connectivity index is 1.15. The number of carbonyl (C=O) groups excluding carboxylic acids is 2. The largest absolute Gasteiger partial charge is 0.462 e. The molecule has 3 heterocycles. The lowest BCUT2D eigenvalue weighted by atomic mass is 9.53. The highest BCUT2D eigenvalue weighted by atomic mass is 16.6. The van der Waals surface area contributed by atoms with E-state index < -0.39 is 0 Å². The van der Waals surface area contributed by atoms with Crippen LogP contribution in [0.3, 0.4) is 0 Å². The first kappa shape index (κ1) is 18.9. The Kier molecular flexibility index (Phi) is 4.70. The van der Waals surface area contributed by atoms with Crippen molar-refractivity contribution in [2.45, 2.75) is 70.0 Å². The van der Waals surface area contributed by atoms with Gasteiger partial charge in [-0.2, -0.15) is 0 Å². The number of amides is 1. The molecular formula is C22H34N2O4. The van der Waals surface area contributed by atoms with Gasteiger partial charge in [0.15, 0.2) is 0 Å². The monoisotopic (exact) mass is 390 g/mol. The Morgan fingerprint density at radius 1 is 1.25 bits per heavy atom. The molecule has 1 amide bonds. The van der Waals surface area contributed by atoms with Gasteiger partial charge in [-0.25, -0.2) is 0 Å². The predicted molar refractivity (Wildman–Crippen MR) is 104 cm³/mol. The summed E-state index contributed by atoms with van der Waals surface area (Å²) < 4.78 is 11.8. The van der Waals surface area contributed by atoms with Gasteiger partial charge in [0, 0.05) is 32.0 Å². The first-order valence-corrected chi connectivity index (χ1v) is 11.3. The summed E-state index contributed by atoms with van der Waals surface area (Å²) in [4.78, 5) is 26.2. The lowest BCUT2D eigenvalue weighted by Gasteiger charge is -2.51. The first-order chi connectivity index (χ1) is 13.5. The summed E-state index contributed by atoms with van der Waals surface area (Å²) in [6.07, 6.45) is 8.48. The molecule has 5 fully saturated rings. The molecule has 1 spiro atoms. The molecule has 2 saturated carbocycles. The van der Waals surface area contributed by atoms with Crippen LogP contribution in [-0.2, 0) is 19.1 Å². The molecule has 1 N–H and O–H groups in total. The summed E-state index contributed by atoms with van der Waals surface area (Å²) in [5, 5.41) is 3.48. The molecule has 3 saturated heterocycles. The quantitative estimate of drug-likeness (QED) is 0.427. The van der Waals surface area contributed by atoms with Gasteiger partial charge in [0.25, 0.3) is 0 Å². The number of hydrogen-bond acceptors (Lipinski definition) is 5. The molecule has 0 aromatic rings. The summed E-state index contributed by atoms with van der Waals surface area (Å²) in [5.74, 6) is 1.16. The van der Waals surface area contributed by atoms with Crippen LogP contribution >= 0.6 is 0 Å². The fraction of sp³-hybridized carbons (Fsp3) is 0.909. The van der Waals surface area contributed by atoms with Gasteiger partial charge in [0.1, 0.15) is 6.10 Å². The summed E-state index contributed by atoms with van der Waals surface area (Å²) >= 11 is 0. The Morgan fingerprint density at radius 2 is 2.11 bits per heavy atom. The zero-order valence-electron chi connectivity index (χ0n) is 17.1. The second kappa shape index (κ2) is 6.98. The number of esters is 1. The molecule has 0 bridgehead atoms. The van der Waals surface area contributed by atoms with Crippen molar-refractivity contribution >= 4 is 11.9 Å². The zero-order chi connectivity index (χ0) is 19.4. The van der Waals surface area contributed by atoms with Crippen molar-refractivity contribution in [3.63, 3.8) is 0 Å². The maximum Gasteiger partial charge on any atom is 0.310 e. The second-order valence-corrected chi connectivity index (χ2v) is 10.1. The van der Waals surface area contributed by atoms with E-state index >= 15 is 0 Å². The number of nitrogens with one attached hydrogen (secondary N) is 1. The average Bonchev–Trinajstić information content (AvgIpc) is 3.20. The van der Waals surface area contributed by atoms with Crippen LogP contribution in [-0.4, -0.2) is 61.3 Å². The summed E-state index contributed by atoms with van der Waals surface area (Å²) in [7, 11) is 0. The molecule has 5 rings (SSSR count). The second-order valence-electron chi connectivity index (χ2n) is 10.1. The number of hydrogen-bond donors (Lipinski definition) is 1. The van der Waals surface area contributed by atoms with E-state index in [4.69, 9.17) is 9.47 Å². The summed E-state index contributed by atoms with van der Waals surface area (Å²) in [6.45, 7) is 6.59. The van der Waals surface area contributed by atoms with Gasteiger partial charge in [-0.15, -0.1) is 0 Å². The Hall–Kier alpha value is -1.14. The van der Waals surface area contributed by atoms with E-state index in [2.05, 4.69) is 12.2 Å². The Morgan fingerprint density at radius 3 is 2.86 bits per heavy atom. The fourth-order valence-electron chi connectivity index (χ4n) is 6.78. The maximum absolute atomic E-state index is 12.6. The van der Waals surface area contributed by atoms with Gasteiger partial charge in [0.2, 0.25) is 5.91 Å². The fourth-order valence-corrected chi connectivity index (χ4v) is 6.78. The number of carbonyl (C=O) groups is 2. The SMILES string of the molecule is C[C@]12CCC[C@@]3(CO3)[C@H]1C[C@H]1[C@@H](C2)OC(=O)[C@@H]1CNCCCN1CCCC1=O. The molecule has 0 aromatic carbocycles. The number of likely N-dealkylation sites (tertiary alicyclic amines) is 1. The Labute approximate surface area is 167 Å². The van der Waals surface area contributed by atoms with Gasteiger partial charge in [0.05, 0.1) is 18.1 Å². The van der Waals surface area contributed by atoms with Crippen molar-refractivity contribution in [1.29, 1.82) is 0 Å². The maximum atomic E-state index is 12.6. The average molecular weight is 391 g/mol. The highest BCUT2D eigenvalue weighted by Gasteiger charge is 2.64. The molecule has 2 aliphatic carbocycles. The van der Waals surface area contributed by atoms with E-state index in [1.807, 2.05) is 4.90 Å². The third-order valence-corrected chi connectivity index (χ3v) is 8.40. The van der Waals surface area contributed by atoms with E-state index in [1.54, 1.807) is 0 Å². The van der Waals surface area contributed by atoms with Gasteiger partial charge in [-0.05, 0) is 62.8 Å². The van der Waals surface area contributed by atoms with Crippen molar-refractivity contribution < 1.29 is 19.1 Å². The summed E-state index contributed by atoms with van der Waals surface area (Å²) in [6, 6.07) is 0. The molecule has 156 valence electrons. The molecule has 28 heavy (non-hydrogen) atoms. The van der Waals surface area contributed by atoms with Crippen LogP contribution in [0.4, 0.5) is 0 Å². The Bertz CT molecular complexity index is 648. The van der Waals surface area contributed by atoms with Crippen LogP contribution in [0, 0.1) is 23.2 Å². The van der Waals surface area contributed by atoms with Crippen LogP contribution in [0.1, 0.15) is 58.3 Å². The third-order valence-electron chi connectivity index (χ3n) is 8.40. The van der Waals surface area contributed by atoms with Crippen LogP contribution < -0.4 is 5.32 Å². The first-order valence-electron chi connectivity index (χ1n) is 11.3. The smallest absolute Gasteiger partial charge is 0.310 e. The minimum Gasteiger partial charge on any atom is -0.462 e. The molecule has 6 heteroatoms. The normalized spacial score (nSPS) is 44.5. The van der Waals surface area contributed by atoms with Crippen molar-refractivity contribution in [2.75, 3.05) is 32.8 Å². The molecule has 0 unspecified atom stereocenters. The van der Waals surface area contributed by atoms with Crippen molar-refractivity contribution in [3.05, 3.63) is 0 Å². The molecule has 6 atom stereocenters. The van der Waals surface area contributed by atoms with Crippen LogP contribution in [0.15, 0.2) is 0 Å². The molecule has 5 aliphatic rings. The zero-order valence-corrected chi connectivity index (χ0v) is 17.1. The van der Waals surface area contributed by atoms with Crippen LogP contribution in [0.2, 0.25) is 0 Å². The third kappa shape index (κ3) is 3.17. The molecular weight excluding hydrogens is 356 g/mol. The number of ether oxygens (including phenoxy) is 2. The number of epoxide rings is 1. The number of rotatable bonds is 6. The van der Waals surface area contributed by atoms with Gasteiger partial charge in [-0.1, -0.05) is 6.92 Å². The van der Waals surface area contributed by atoms with Gasteiger partial charge >= 0.3 is 5.97 Å². The van der Waals surface area contributed by atoms with Crippen molar-refractivity contribution in [1.82, 2.24) is 10.2 Å². The topological polar surface area (TPSA) is 71.2 Å². The molecule has 6 nitrogen and oxygen atoms in total. The lowest BCUT2D eigenvalue weighted by molar-refractivity contribution is -0.147. The van der Waals surface area contributed by atoms with E-state index in [1.165, 1.54) is 19.3 Å². The predicted octanol–water partition coefficient (Wildman–Crippen LogP) is 2.12. The minimum absolute atomic E-state index is 0.00904. The lowest BCUT2D eigenvalue weighted by Crippen LogP contribution is -2.51. The molecule has 3 aliphatic heterocycles. The van der Waals surface area contributed by atoms with Crippen LogP contribution in [0.25, 0.3) is 0 Å². The number of fused-ring (bicyclic) bond motifs is 3. The van der Waals surface area contributed by atoms with E-state index in [9.17, 15) is 9.59 Å². The molecule has 0 radical (unpaired) electrons. The standard InChI is InChI=1S/C22H34N2O4/c1-21-6-3-7-22(14-27-22)18(21)11-15-16(20(26)28-17(15)12-21)13-23-8-4-10-24-9-2-5-19(24)25/h15-18,23H,2-14H2,1H3/t15-,16-,17-,18+,21-,22-/m1/s1. The van der Waals surface area contributed by atoms with E-state index in [0.717, 1.165) is 51.9 Å². The van der Waals surface area contributed by atoms with E-state index in [-0.39, 0.29) is 34.9 Å².